The molecule has 0 radical (unpaired) electrons. The van der Waals surface area contributed by atoms with Crippen molar-refractivity contribution in [2.75, 3.05) is 7.11 Å². The summed E-state index contributed by atoms with van der Waals surface area (Å²) in [4.78, 5) is 4.43. The van der Waals surface area contributed by atoms with E-state index in [4.69, 9.17) is 16.3 Å². The number of aryl methyl sites for hydroxylation is 1. The quantitative estimate of drug-likeness (QED) is 0.624. The van der Waals surface area contributed by atoms with Crippen LogP contribution in [-0.4, -0.2) is 21.7 Å². The van der Waals surface area contributed by atoms with E-state index in [-0.39, 0.29) is 0 Å². The Morgan fingerprint density at radius 2 is 2.33 bits per heavy atom. The van der Waals surface area contributed by atoms with Crippen LogP contribution < -0.4 is 0 Å². The summed E-state index contributed by atoms with van der Waals surface area (Å²) in [6, 6.07) is 1.76. The molecule has 4 nitrogen and oxygen atoms in total. The number of fused-ring (bicyclic) bond motifs is 1. The lowest BCUT2D eigenvalue weighted by molar-refractivity contribution is 0.181. The lowest BCUT2D eigenvalue weighted by Gasteiger charge is -2.01. The minimum atomic E-state index is 0.455. The van der Waals surface area contributed by atoms with Crippen LogP contribution in [0.3, 0.4) is 0 Å². The van der Waals surface area contributed by atoms with Gasteiger partial charge in [-0.05, 0) is 35.6 Å². The van der Waals surface area contributed by atoms with Gasteiger partial charge in [0.15, 0.2) is 5.65 Å². The molecule has 0 aliphatic heterocycles. The van der Waals surface area contributed by atoms with Gasteiger partial charge in [0.25, 0.3) is 0 Å². The highest BCUT2D eigenvalue weighted by atomic mass is 127. The summed E-state index contributed by atoms with van der Waals surface area (Å²) in [6.07, 6.45) is 0. The summed E-state index contributed by atoms with van der Waals surface area (Å²) >= 11 is 8.30. The van der Waals surface area contributed by atoms with Gasteiger partial charge in [-0.15, -0.1) is 0 Å². The Balaban J connectivity index is 2.68. The van der Waals surface area contributed by atoms with Crippen LogP contribution in [0.2, 0.25) is 5.15 Å². The summed E-state index contributed by atoms with van der Waals surface area (Å²) in [5.41, 5.74) is 2.53. The highest BCUT2D eigenvalue weighted by Gasteiger charge is 2.11. The molecular formula is C9H9ClIN3O. The Morgan fingerprint density at radius 3 is 3.00 bits per heavy atom. The molecule has 2 heterocycles. The molecule has 0 amide bonds. The summed E-state index contributed by atoms with van der Waals surface area (Å²) in [5, 5.41) is 4.84. The summed E-state index contributed by atoms with van der Waals surface area (Å²) in [6.45, 7) is 2.39. The zero-order valence-corrected chi connectivity index (χ0v) is 11.2. The largest absolute Gasteiger partial charge is 0.378 e. The first-order valence-corrected chi connectivity index (χ1v) is 5.78. The predicted molar refractivity (Wildman–Crippen MR) is 66.2 cm³/mol. The van der Waals surface area contributed by atoms with Gasteiger partial charge in [-0.25, -0.2) is 9.50 Å². The molecule has 0 bridgehead atoms. The van der Waals surface area contributed by atoms with Gasteiger partial charge in [-0.2, -0.15) is 5.10 Å². The summed E-state index contributed by atoms with van der Waals surface area (Å²) in [5.74, 6) is 0. The van der Waals surface area contributed by atoms with E-state index >= 15 is 0 Å². The van der Waals surface area contributed by atoms with Gasteiger partial charge in [0, 0.05) is 7.11 Å². The maximum absolute atomic E-state index is 6.08. The number of hydrogen-bond acceptors (Lipinski definition) is 3. The number of aromatic nitrogens is 3. The van der Waals surface area contributed by atoms with E-state index in [0.717, 1.165) is 20.6 Å². The summed E-state index contributed by atoms with van der Waals surface area (Å²) < 4.78 is 7.68. The second-order valence-electron chi connectivity index (χ2n) is 3.14. The van der Waals surface area contributed by atoms with Crippen molar-refractivity contribution < 1.29 is 4.74 Å². The monoisotopic (exact) mass is 337 g/mol. The normalized spacial score (nSPS) is 11.2. The molecule has 0 atom stereocenters. The highest BCUT2D eigenvalue weighted by molar-refractivity contribution is 14.1. The minimum Gasteiger partial charge on any atom is -0.378 e. The van der Waals surface area contributed by atoms with Crippen molar-refractivity contribution in [1.29, 1.82) is 0 Å². The molecule has 0 aromatic carbocycles. The van der Waals surface area contributed by atoms with Crippen molar-refractivity contribution >= 4 is 39.8 Å². The third kappa shape index (κ3) is 1.95. The first-order valence-electron chi connectivity index (χ1n) is 4.32. The van der Waals surface area contributed by atoms with Gasteiger partial charge in [0.1, 0.15) is 5.15 Å². The Hall–Kier alpha value is -0.400. The zero-order valence-electron chi connectivity index (χ0n) is 8.29. The minimum absolute atomic E-state index is 0.455. The van der Waals surface area contributed by atoms with Crippen LogP contribution in [0.25, 0.3) is 5.65 Å². The molecule has 2 rings (SSSR count). The van der Waals surface area contributed by atoms with E-state index in [1.54, 1.807) is 17.7 Å². The van der Waals surface area contributed by atoms with Crippen molar-refractivity contribution in [3.8, 4) is 0 Å². The molecule has 0 saturated heterocycles. The number of ether oxygens (including phenoxy) is 1. The lowest BCUT2D eigenvalue weighted by atomic mass is 10.4. The molecule has 0 fully saturated rings. The van der Waals surface area contributed by atoms with E-state index < -0.39 is 0 Å². The van der Waals surface area contributed by atoms with E-state index in [2.05, 4.69) is 32.7 Å². The maximum Gasteiger partial charge on any atom is 0.170 e. The topological polar surface area (TPSA) is 39.4 Å². The van der Waals surface area contributed by atoms with Crippen molar-refractivity contribution in [3.05, 3.63) is 26.2 Å². The fraction of sp³-hybridized carbons (Fsp3) is 0.333. The van der Waals surface area contributed by atoms with Gasteiger partial charge in [0.2, 0.25) is 0 Å². The van der Waals surface area contributed by atoms with Crippen LogP contribution in [0.15, 0.2) is 6.07 Å². The third-order valence-corrected chi connectivity index (χ3v) is 3.53. The fourth-order valence-electron chi connectivity index (χ4n) is 1.33. The zero-order chi connectivity index (χ0) is 11.0. The van der Waals surface area contributed by atoms with Gasteiger partial charge in [-0.3, -0.25) is 0 Å². The Bertz CT molecular complexity index is 512. The molecule has 2 aromatic rings. The van der Waals surface area contributed by atoms with Crippen LogP contribution in [0.4, 0.5) is 0 Å². The van der Waals surface area contributed by atoms with E-state index in [0.29, 0.717) is 11.8 Å². The van der Waals surface area contributed by atoms with Gasteiger partial charge < -0.3 is 4.74 Å². The van der Waals surface area contributed by atoms with Crippen LogP contribution in [0.1, 0.15) is 11.4 Å². The number of nitrogens with zero attached hydrogens (tertiary/aromatic N) is 3. The molecule has 0 spiro atoms. The highest BCUT2D eigenvalue weighted by Crippen LogP contribution is 2.20. The number of rotatable bonds is 2. The Morgan fingerprint density at radius 1 is 1.60 bits per heavy atom. The third-order valence-electron chi connectivity index (χ3n) is 1.99. The molecule has 15 heavy (non-hydrogen) atoms. The lowest BCUT2D eigenvalue weighted by Crippen LogP contribution is -1.98. The maximum atomic E-state index is 6.08. The van der Waals surface area contributed by atoms with Crippen LogP contribution in [-0.2, 0) is 11.3 Å². The van der Waals surface area contributed by atoms with Crippen molar-refractivity contribution in [2.24, 2.45) is 0 Å². The first-order chi connectivity index (χ1) is 7.13. The van der Waals surface area contributed by atoms with Gasteiger partial charge in [0.05, 0.1) is 21.6 Å². The van der Waals surface area contributed by atoms with Crippen molar-refractivity contribution in [1.82, 2.24) is 14.6 Å². The fourth-order valence-corrected chi connectivity index (χ4v) is 2.03. The van der Waals surface area contributed by atoms with Crippen LogP contribution >= 0.6 is 34.2 Å². The second-order valence-corrected chi connectivity index (χ2v) is 4.60. The average molecular weight is 338 g/mol. The van der Waals surface area contributed by atoms with Crippen molar-refractivity contribution in [3.63, 3.8) is 0 Å². The smallest absolute Gasteiger partial charge is 0.170 e. The van der Waals surface area contributed by atoms with E-state index in [1.807, 2.05) is 6.92 Å². The summed E-state index contributed by atoms with van der Waals surface area (Å²) in [7, 11) is 1.63. The molecule has 6 heteroatoms. The first kappa shape index (κ1) is 11.1. The standard InChI is InChI=1S/C9H9ClIN3O/c1-5-8(11)9-12-6(4-15-2)3-7(10)14(9)13-5/h3H,4H2,1-2H3. The molecule has 0 N–H and O–H groups in total. The van der Waals surface area contributed by atoms with Gasteiger partial charge >= 0.3 is 0 Å². The number of halogens is 2. The van der Waals surface area contributed by atoms with Crippen LogP contribution in [0.5, 0.6) is 0 Å². The molecule has 80 valence electrons. The Kier molecular flexibility index (Phi) is 3.13. The molecule has 2 aromatic heterocycles. The number of hydrogen-bond donors (Lipinski definition) is 0. The molecule has 0 unspecified atom stereocenters. The number of methoxy groups -OCH3 is 1. The predicted octanol–water partition coefficient (Wildman–Crippen LogP) is 2.44. The average Bonchev–Trinajstić information content (AvgIpc) is 2.46. The van der Waals surface area contributed by atoms with Crippen molar-refractivity contribution in [2.45, 2.75) is 13.5 Å². The molecule has 0 aliphatic rings. The molecule has 0 aliphatic carbocycles. The SMILES string of the molecule is COCc1cc(Cl)n2nc(C)c(I)c2n1. The van der Waals surface area contributed by atoms with E-state index in [9.17, 15) is 0 Å². The van der Waals surface area contributed by atoms with E-state index in [1.165, 1.54) is 0 Å². The molecular weight excluding hydrogens is 328 g/mol. The van der Waals surface area contributed by atoms with Crippen LogP contribution in [0, 0.1) is 10.5 Å². The molecule has 0 saturated carbocycles. The van der Waals surface area contributed by atoms with Gasteiger partial charge in [-0.1, -0.05) is 11.6 Å². The Labute approximate surface area is 106 Å². The second kappa shape index (κ2) is 4.23.